The van der Waals surface area contributed by atoms with Crippen LogP contribution in [0.1, 0.15) is 41.2 Å². The Kier molecular flexibility index (Phi) is 5.92. The zero-order valence-corrected chi connectivity index (χ0v) is 17.9. The van der Waals surface area contributed by atoms with E-state index in [1.807, 2.05) is 27.7 Å². The largest absolute Gasteiger partial charge is 0.507 e. The minimum absolute atomic E-state index is 0.142. The van der Waals surface area contributed by atoms with Crippen LogP contribution in [0.4, 0.5) is 0 Å². The van der Waals surface area contributed by atoms with Gasteiger partial charge in [0.15, 0.2) is 17.1 Å². The molecule has 0 spiro atoms. The van der Waals surface area contributed by atoms with Crippen molar-refractivity contribution in [3.8, 4) is 23.0 Å². The molecule has 2 aromatic carbocycles. The van der Waals surface area contributed by atoms with Gasteiger partial charge in [0.1, 0.15) is 17.2 Å². The number of hydrazone groups is 1. The Balaban J connectivity index is 1.75. The van der Waals surface area contributed by atoms with Crippen molar-refractivity contribution in [1.29, 1.82) is 0 Å². The minimum Gasteiger partial charge on any atom is -0.507 e. The molecule has 7 heteroatoms. The third-order valence-corrected chi connectivity index (χ3v) is 5.98. The molecule has 160 valence electrons. The number of fused-ring (bicyclic) bond motifs is 1. The highest BCUT2D eigenvalue weighted by atomic mass is 16.5. The highest BCUT2D eigenvalue weighted by Gasteiger charge is 2.38. The van der Waals surface area contributed by atoms with Crippen molar-refractivity contribution in [3.63, 3.8) is 0 Å². The summed E-state index contributed by atoms with van der Waals surface area (Å²) in [7, 11) is 0. The molecule has 1 aliphatic heterocycles. The topological polar surface area (TPSA) is 121 Å². The van der Waals surface area contributed by atoms with Crippen molar-refractivity contribution >= 4 is 11.9 Å². The van der Waals surface area contributed by atoms with Crippen molar-refractivity contribution < 1.29 is 20.1 Å². The van der Waals surface area contributed by atoms with Gasteiger partial charge in [-0.1, -0.05) is 6.07 Å². The second-order valence-electron chi connectivity index (χ2n) is 7.99. The van der Waals surface area contributed by atoms with Crippen molar-refractivity contribution in [3.05, 3.63) is 46.0 Å². The zero-order chi connectivity index (χ0) is 22.1. The maximum atomic E-state index is 10.3. The van der Waals surface area contributed by atoms with Crippen LogP contribution in [0.2, 0.25) is 0 Å². The molecule has 2 aromatic rings. The standard InChI is InChI=1S/C23H29N3O4/c1-13-14(2)22-17(15(3)21(13)29)7-9-23(4,30-22)20(26-24)12-25-10-8-16-5-6-18(27)19(28)11-16/h5-6,11-12,27-29H,7-10,24H2,1-4H3. The average Bonchev–Trinajstić information content (AvgIpc) is 2.73. The molecule has 0 radical (unpaired) electrons. The number of hydrogen-bond acceptors (Lipinski definition) is 7. The van der Waals surface area contributed by atoms with Gasteiger partial charge >= 0.3 is 0 Å². The Bertz CT molecular complexity index is 1030. The molecule has 5 N–H and O–H groups in total. The molecule has 0 amide bonds. The van der Waals surface area contributed by atoms with Crippen LogP contribution in [-0.2, 0) is 12.8 Å². The number of aliphatic imine (C=N–C) groups is 1. The van der Waals surface area contributed by atoms with E-state index in [1.165, 1.54) is 12.1 Å². The molecule has 1 atom stereocenters. The summed E-state index contributed by atoms with van der Waals surface area (Å²) in [5.41, 5.74) is 4.30. The van der Waals surface area contributed by atoms with E-state index in [1.54, 1.807) is 12.3 Å². The van der Waals surface area contributed by atoms with Crippen molar-refractivity contribution in [1.82, 2.24) is 0 Å². The van der Waals surface area contributed by atoms with Gasteiger partial charge < -0.3 is 25.9 Å². The van der Waals surface area contributed by atoms with Crippen molar-refractivity contribution in [2.75, 3.05) is 6.54 Å². The van der Waals surface area contributed by atoms with Gasteiger partial charge in [-0.3, -0.25) is 4.99 Å². The molecule has 1 unspecified atom stereocenters. The van der Waals surface area contributed by atoms with Crippen LogP contribution in [0.25, 0.3) is 0 Å². The molecule has 0 aliphatic carbocycles. The molecular weight excluding hydrogens is 382 g/mol. The quantitative estimate of drug-likeness (QED) is 0.260. The SMILES string of the molecule is Cc1c(C)c2c(c(C)c1O)CCC(C)(C(C=NCCc1ccc(O)c(O)c1)=NN)O2. The second kappa shape index (κ2) is 8.26. The summed E-state index contributed by atoms with van der Waals surface area (Å²) in [6.45, 7) is 8.16. The highest BCUT2D eigenvalue weighted by Crippen LogP contribution is 2.43. The summed E-state index contributed by atoms with van der Waals surface area (Å²) in [5, 5.41) is 33.3. The van der Waals surface area contributed by atoms with Crippen LogP contribution in [-0.4, -0.2) is 39.4 Å². The number of ether oxygens (including phenoxy) is 1. The van der Waals surface area contributed by atoms with E-state index in [0.717, 1.165) is 40.0 Å². The fourth-order valence-electron chi connectivity index (χ4n) is 3.80. The van der Waals surface area contributed by atoms with Crippen molar-refractivity contribution in [2.45, 2.75) is 52.6 Å². The molecule has 0 saturated carbocycles. The summed E-state index contributed by atoms with van der Waals surface area (Å²) in [4.78, 5) is 4.44. The van der Waals surface area contributed by atoms with Crippen molar-refractivity contribution in [2.24, 2.45) is 15.9 Å². The predicted molar refractivity (Wildman–Crippen MR) is 118 cm³/mol. The molecule has 1 heterocycles. The molecule has 0 fully saturated rings. The molecule has 1 aliphatic rings. The first-order valence-electron chi connectivity index (χ1n) is 9.97. The van der Waals surface area contributed by atoms with E-state index in [2.05, 4.69) is 10.1 Å². The number of phenolic OH excluding ortho intramolecular Hbond substituents is 3. The molecular formula is C23H29N3O4. The van der Waals surface area contributed by atoms with Gasteiger partial charge in [0, 0.05) is 18.3 Å². The number of phenols is 3. The van der Waals surface area contributed by atoms with Gasteiger partial charge in [0.05, 0.1) is 0 Å². The Morgan fingerprint density at radius 3 is 2.53 bits per heavy atom. The molecule has 30 heavy (non-hydrogen) atoms. The number of aromatic hydroxyl groups is 3. The van der Waals surface area contributed by atoms with E-state index in [-0.39, 0.29) is 11.5 Å². The molecule has 3 rings (SSSR count). The molecule has 0 aromatic heterocycles. The van der Waals surface area contributed by atoms with Crippen LogP contribution < -0.4 is 10.6 Å². The average molecular weight is 412 g/mol. The first-order chi connectivity index (χ1) is 14.2. The Hall–Kier alpha value is -3.22. The maximum Gasteiger partial charge on any atom is 0.157 e. The Morgan fingerprint density at radius 2 is 1.87 bits per heavy atom. The Morgan fingerprint density at radius 1 is 1.13 bits per heavy atom. The van der Waals surface area contributed by atoms with E-state index in [9.17, 15) is 15.3 Å². The van der Waals surface area contributed by atoms with Crippen LogP contribution in [0, 0.1) is 20.8 Å². The van der Waals surface area contributed by atoms with Crippen LogP contribution >= 0.6 is 0 Å². The fraction of sp³-hybridized carbons (Fsp3) is 0.391. The zero-order valence-electron chi connectivity index (χ0n) is 17.9. The van der Waals surface area contributed by atoms with Crippen LogP contribution in [0.15, 0.2) is 28.3 Å². The minimum atomic E-state index is -0.720. The lowest BCUT2D eigenvalue weighted by Crippen LogP contribution is -2.46. The molecule has 7 nitrogen and oxygen atoms in total. The third kappa shape index (κ3) is 3.92. The monoisotopic (exact) mass is 411 g/mol. The van der Waals surface area contributed by atoms with E-state index < -0.39 is 5.60 Å². The van der Waals surface area contributed by atoms with Gasteiger partial charge in [0.25, 0.3) is 0 Å². The number of hydrogen-bond donors (Lipinski definition) is 4. The van der Waals surface area contributed by atoms with E-state index in [0.29, 0.717) is 30.8 Å². The highest BCUT2D eigenvalue weighted by molar-refractivity contribution is 6.34. The lowest BCUT2D eigenvalue weighted by molar-refractivity contribution is 0.134. The smallest absolute Gasteiger partial charge is 0.157 e. The number of benzene rings is 2. The fourth-order valence-corrected chi connectivity index (χ4v) is 3.80. The molecule has 0 bridgehead atoms. The normalized spacial score (nSPS) is 19.0. The first-order valence-corrected chi connectivity index (χ1v) is 9.97. The predicted octanol–water partition coefficient (Wildman–Crippen LogP) is 3.44. The summed E-state index contributed by atoms with van der Waals surface area (Å²) < 4.78 is 6.39. The summed E-state index contributed by atoms with van der Waals surface area (Å²) in [5.74, 6) is 6.50. The third-order valence-electron chi connectivity index (χ3n) is 5.98. The summed E-state index contributed by atoms with van der Waals surface area (Å²) in [6.07, 6.45) is 3.64. The van der Waals surface area contributed by atoms with Gasteiger partial charge in [-0.2, -0.15) is 5.10 Å². The number of rotatable bonds is 5. The summed E-state index contributed by atoms with van der Waals surface area (Å²) in [6, 6.07) is 4.72. The maximum absolute atomic E-state index is 10.3. The van der Waals surface area contributed by atoms with Crippen LogP contribution in [0.5, 0.6) is 23.0 Å². The first kappa shape index (κ1) is 21.5. The lowest BCUT2D eigenvalue weighted by atomic mass is 9.85. The number of nitrogens with two attached hydrogens (primary N) is 1. The second-order valence-corrected chi connectivity index (χ2v) is 7.99. The van der Waals surface area contributed by atoms with E-state index in [4.69, 9.17) is 10.6 Å². The van der Waals surface area contributed by atoms with Gasteiger partial charge in [-0.15, -0.1) is 0 Å². The van der Waals surface area contributed by atoms with Gasteiger partial charge in [-0.25, -0.2) is 0 Å². The number of nitrogens with zero attached hydrogens (tertiary/aromatic N) is 2. The molecule has 0 saturated heterocycles. The van der Waals surface area contributed by atoms with E-state index >= 15 is 0 Å². The van der Waals surface area contributed by atoms with Crippen LogP contribution in [0.3, 0.4) is 0 Å². The van der Waals surface area contributed by atoms with Gasteiger partial charge in [-0.05, 0) is 81.3 Å². The van der Waals surface area contributed by atoms with Gasteiger partial charge in [0.2, 0.25) is 0 Å². The lowest BCUT2D eigenvalue weighted by Gasteiger charge is -2.37. The summed E-state index contributed by atoms with van der Waals surface area (Å²) >= 11 is 0. The Labute approximate surface area is 176 Å².